The van der Waals surface area contributed by atoms with Crippen molar-refractivity contribution in [2.24, 2.45) is 0 Å². The van der Waals surface area contributed by atoms with Crippen molar-refractivity contribution >= 4 is 39.1 Å². The number of carbonyl (C=O) groups is 2. The minimum absolute atomic E-state index is 0.0143. The Morgan fingerprint density at radius 1 is 0.867 bits per heavy atom. The van der Waals surface area contributed by atoms with Crippen LogP contribution in [0, 0.1) is 0 Å². The van der Waals surface area contributed by atoms with Crippen LogP contribution >= 0.6 is 11.6 Å². The Kier molecular flexibility index (Phi) is 11.6. The second kappa shape index (κ2) is 15.6. The van der Waals surface area contributed by atoms with Gasteiger partial charge in [0.25, 0.3) is 10.0 Å². The summed E-state index contributed by atoms with van der Waals surface area (Å²) in [4.78, 5) is 29.9. The van der Waals surface area contributed by atoms with Gasteiger partial charge < -0.3 is 15.0 Å². The predicted molar refractivity (Wildman–Crippen MR) is 178 cm³/mol. The first kappa shape index (κ1) is 33.6. The molecule has 0 aromatic heterocycles. The van der Waals surface area contributed by atoms with Crippen molar-refractivity contribution in [2.45, 2.75) is 50.2 Å². The molecule has 10 heteroatoms. The molecule has 0 aliphatic carbocycles. The standard InChI is InChI=1S/C35H38ClN3O5S/c1-4-26(2)37-35(41)32(23-27-14-7-5-8-15-27)38(24-28-16-13-17-29(36)22-28)34(40)25-39(31-20-11-12-21-33(31)44-3)45(42,43)30-18-9-6-10-19-30/h5-22,26,32H,4,23-25H2,1-3H3,(H,37,41). The molecule has 8 nitrogen and oxygen atoms in total. The number of methoxy groups -OCH3 is 1. The van der Waals surface area contributed by atoms with Crippen molar-refractivity contribution < 1.29 is 22.7 Å². The minimum Gasteiger partial charge on any atom is -0.495 e. The number of nitrogens with one attached hydrogen (secondary N) is 1. The van der Waals surface area contributed by atoms with E-state index in [-0.39, 0.29) is 41.2 Å². The molecule has 0 saturated heterocycles. The van der Waals surface area contributed by atoms with E-state index in [0.29, 0.717) is 17.0 Å². The monoisotopic (exact) mass is 647 g/mol. The Morgan fingerprint density at radius 2 is 1.49 bits per heavy atom. The molecule has 4 aromatic carbocycles. The van der Waals surface area contributed by atoms with Gasteiger partial charge in [-0.1, -0.05) is 91.3 Å². The molecule has 0 heterocycles. The fourth-order valence-corrected chi connectivity index (χ4v) is 6.55. The molecule has 1 N–H and O–H groups in total. The zero-order valence-electron chi connectivity index (χ0n) is 25.6. The van der Waals surface area contributed by atoms with Gasteiger partial charge in [0.1, 0.15) is 18.3 Å². The maximum Gasteiger partial charge on any atom is 0.264 e. The summed E-state index contributed by atoms with van der Waals surface area (Å²) in [5.41, 5.74) is 1.74. The summed E-state index contributed by atoms with van der Waals surface area (Å²) < 4.78 is 34.8. The van der Waals surface area contributed by atoms with E-state index < -0.39 is 28.5 Å². The van der Waals surface area contributed by atoms with E-state index in [2.05, 4.69) is 5.32 Å². The van der Waals surface area contributed by atoms with Crippen molar-refractivity contribution in [3.05, 3.63) is 125 Å². The van der Waals surface area contributed by atoms with Gasteiger partial charge in [-0.05, 0) is 60.9 Å². The SMILES string of the molecule is CCC(C)NC(=O)C(Cc1ccccc1)N(Cc1cccc(Cl)c1)C(=O)CN(c1ccccc1OC)S(=O)(=O)c1ccccc1. The van der Waals surface area contributed by atoms with Crippen LogP contribution in [-0.4, -0.2) is 50.9 Å². The molecule has 0 saturated carbocycles. The first-order valence-electron chi connectivity index (χ1n) is 14.7. The zero-order valence-corrected chi connectivity index (χ0v) is 27.2. The van der Waals surface area contributed by atoms with E-state index in [9.17, 15) is 18.0 Å². The van der Waals surface area contributed by atoms with Gasteiger partial charge >= 0.3 is 0 Å². The second-order valence-electron chi connectivity index (χ2n) is 10.7. The molecule has 0 aliphatic rings. The van der Waals surface area contributed by atoms with Gasteiger partial charge in [0.15, 0.2) is 0 Å². The first-order chi connectivity index (χ1) is 21.6. The fraction of sp³-hybridized carbons (Fsp3) is 0.257. The minimum atomic E-state index is -4.24. The number of amides is 2. The molecule has 0 bridgehead atoms. The number of sulfonamides is 1. The summed E-state index contributed by atoms with van der Waals surface area (Å²) in [5, 5.41) is 3.51. The van der Waals surface area contributed by atoms with Crippen molar-refractivity contribution in [3.8, 4) is 5.75 Å². The molecule has 2 unspecified atom stereocenters. The quantitative estimate of drug-likeness (QED) is 0.179. The Bertz CT molecular complexity index is 1690. The molecular weight excluding hydrogens is 610 g/mol. The maximum absolute atomic E-state index is 14.6. The van der Waals surface area contributed by atoms with Gasteiger partial charge in [0.05, 0.1) is 17.7 Å². The number of ether oxygens (including phenoxy) is 1. The maximum atomic E-state index is 14.6. The first-order valence-corrected chi connectivity index (χ1v) is 16.5. The lowest BCUT2D eigenvalue weighted by molar-refractivity contribution is -0.140. The number of halogens is 1. The van der Waals surface area contributed by atoms with Gasteiger partial charge in [0.2, 0.25) is 11.8 Å². The number of anilines is 1. The molecule has 0 radical (unpaired) electrons. The molecule has 236 valence electrons. The lowest BCUT2D eigenvalue weighted by Crippen LogP contribution is -2.54. The van der Waals surface area contributed by atoms with Gasteiger partial charge in [0, 0.05) is 24.0 Å². The number of carbonyl (C=O) groups excluding carboxylic acids is 2. The summed E-state index contributed by atoms with van der Waals surface area (Å²) in [6.45, 7) is 3.30. The van der Waals surface area contributed by atoms with Crippen molar-refractivity contribution in [1.29, 1.82) is 0 Å². The van der Waals surface area contributed by atoms with E-state index >= 15 is 0 Å². The van der Waals surface area contributed by atoms with E-state index in [0.717, 1.165) is 9.87 Å². The summed E-state index contributed by atoms with van der Waals surface area (Å²) in [6, 6.07) is 29.9. The largest absolute Gasteiger partial charge is 0.495 e. The average molecular weight is 648 g/mol. The van der Waals surface area contributed by atoms with Crippen molar-refractivity contribution in [1.82, 2.24) is 10.2 Å². The van der Waals surface area contributed by atoms with Crippen molar-refractivity contribution in [3.63, 3.8) is 0 Å². The smallest absolute Gasteiger partial charge is 0.264 e. The summed E-state index contributed by atoms with van der Waals surface area (Å²) in [5.74, 6) is -0.625. The highest BCUT2D eigenvalue weighted by Crippen LogP contribution is 2.32. The number of hydrogen-bond acceptors (Lipinski definition) is 5. The van der Waals surface area contributed by atoms with E-state index in [1.807, 2.05) is 50.2 Å². The molecule has 0 spiro atoms. The number of benzene rings is 4. The third-order valence-corrected chi connectivity index (χ3v) is 9.49. The van der Waals surface area contributed by atoms with Gasteiger partial charge in [-0.15, -0.1) is 0 Å². The highest BCUT2D eigenvalue weighted by atomic mass is 35.5. The summed E-state index contributed by atoms with van der Waals surface area (Å²) in [6.07, 6.45) is 0.915. The number of hydrogen-bond donors (Lipinski definition) is 1. The number of rotatable bonds is 14. The Balaban J connectivity index is 1.83. The third-order valence-electron chi connectivity index (χ3n) is 7.48. The normalized spacial score (nSPS) is 12.5. The predicted octanol–water partition coefficient (Wildman–Crippen LogP) is 6.10. The van der Waals surface area contributed by atoms with Crippen LogP contribution in [0.15, 0.2) is 114 Å². The van der Waals surface area contributed by atoms with Crippen LogP contribution in [0.3, 0.4) is 0 Å². The van der Waals surface area contributed by atoms with Crippen LogP contribution < -0.4 is 14.4 Å². The van der Waals surface area contributed by atoms with Crippen LogP contribution in [0.1, 0.15) is 31.4 Å². The lowest BCUT2D eigenvalue weighted by Gasteiger charge is -2.34. The second-order valence-corrected chi connectivity index (χ2v) is 13.0. The van der Waals surface area contributed by atoms with E-state index in [4.69, 9.17) is 16.3 Å². The molecule has 4 aromatic rings. The zero-order chi connectivity index (χ0) is 32.4. The molecule has 0 aliphatic heterocycles. The number of para-hydroxylation sites is 2. The highest BCUT2D eigenvalue weighted by molar-refractivity contribution is 7.92. The Labute approximate surface area is 270 Å². The van der Waals surface area contributed by atoms with Crippen LogP contribution in [0.25, 0.3) is 0 Å². The summed E-state index contributed by atoms with van der Waals surface area (Å²) >= 11 is 6.31. The number of nitrogens with zero attached hydrogens (tertiary/aromatic N) is 2. The third kappa shape index (κ3) is 8.65. The topological polar surface area (TPSA) is 96.0 Å². The molecule has 2 amide bonds. The molecule has 45 heavy (non-hydrogen) atoms. The van der Waals surface area contributed by atoms with Gasteiger partial charge in [-0.25, -0.2) is 8.42 Å². The van der Waals surface area contributed by atoms with E-state index in [1.54, 1.807) is 60.7 Å². The van der Waals surface area contributed by atoms with Crippen LogP contribution in [0.5, 0.6) is 5.75 Å². The van der Waals surface area contributed by atoms with Crippen LogP contribution in [-0.2, 0) is 32.6 Å². The Morgan fingerprint density at radius 3 is 2.13 bits per heavy atom. The molecule has 2 atom stereocenters. The van der Waals surface area contributed by atoms with Crippen molar-refractivity contribution in [2.75, 3.05) is 18.0 Å². The average Bonchev–Trinajstić information content (AvgIpc) is 3.05. The van der Waals surface area contributed by atoms with Gasteiger partial charge in [-0.3, -0.25) is 13.9 Å². The lowest BCUT2D eigenvalue weighted by atomic mass is 10.0. The van der Waals surface area contributed by atoms with Crippen LogP contribution in [0.2, 0.25) is 5.02 Å². The highest BCUT2D eigenvalue weighted by Gasteiger charge is 2.35. The van der Waals surface area contributed by atoms with E-state index in [1.165, 1.54) is 24.1 Å². The Hall–Kier alpha value is -4.34. The molecule has 4 rings (SSSR count). The summed E-state index contributed by atoms with van der Waals surface area (Å²) in [7, 11) is -2.80. The van der Waals surface area contributed by atoms with Gasteiger partial charge in [-0.2, -0.15) is 0 Å². The molecule has 0 fully saturated rings. The molecular formula is C35H38ClN3O5S. The fourth-order valence-electron chi connectivity index (χ4n) is 4.90. The van der Waals surface area contributed by atoms with Crippen LogP contribution in [0.4, 0.5) is 5.69 Å².